The number of hydrogen-bond donors (Lipinski definition) is 0. The van der Waals surface area contributed by atoms with Crippen molar-refractivity contribution < 1.29 is 18.0 Å². The molecule has 0 spiro atoms. The van der Waals surface area contributed by atoms with Gasteiger partial charge in [-0.2, -0.15) is 13.2 Å². The van der Waals surface area contributed by atoms with Crippen molar-refractivity contribution >= 4 is 5.91 Å². The molecule has 32 heavy (non-hydrogen) atoms. The van der Waals surface area contributed by atoms with E-state index >= 15 is 0 Å². The number of rotatable bonds is 5. The first-order valence-electron chi connectivity index (χ1n) is 11.6. The quantitative estimate of drug-likeness (QED) is 0.617. The third-order valence-corrected chi connectivity index (χ3v) is 6.86. The Morgan fingerprint density at radius 2 is 1.59 bits per heavy atom. The van der Waals surface area contributed by atoms with Crippen LogP contribution in [0.4, 0.5) is 13.2 Å². The summed E-state index contributed by atoms with van der Waals surface area (Å²) in [5, 5.41) is 0. The molecule has 2 aliphatic rings. The first kappa shape index (κ1) is 22.8. The topological polar surface area (TPSA) is 23.6 Å². The Hall–Kier alpha value is -2.34. The van der Waals surface area contributed by atoms with Crippen LogP contribution in [0.1, 0.15) is 42.4 Å². The van der Waals surface area contributed by atoms with Gasteiger partial charge in [0.25, 0.3) is 0 Å². The molecule has 172 valence electrons. The van der Waals surface area contributed by atoms with Crippen molar-refractivity contribution in [1.29, 1.82) is 0 Å². The third-order valence-electron chi connectivity index (χ3n) is 6.86. The molecule has 6 heteroatoms. The zero-order valence-electron chi connectivity index (χ0n) is 18.4. The maximum absolute atomic E-state index is 13.3. The lowest BCUT2D eigenvalue weighted by molar-refractivity contribution is -0.140. The second kappa shape index (κ2) is 10.1. The van der Waals surface area contributed by atoms with Crippen LogP contribution in [0.3, 0.4) is 0 Å². The maximum Gasteiger partial charge on any atom is 0.416 e. The summed E-state index contributed by atoms with van der Waals surface area (Å²) >= 11 is 0. The minimum Gasteiger partial charge on any atom is -0.342 e. The van der Waals surface area contributed by atoms with Gasteiger partial charge in [0.1, 0.15) is 0 Å². The van der Waals surface area contributed by atoms with Gasteiger partial charge in [0, 0.05) is 26.2 Å². The van der Waals surface area contributed by atoms with Crippen molar-refractivity contribution in [1.82, 2.24) is 9.80 Å². The largest absolute Gasteiger partial charge is 0.416 e. The first-order chi connectivity index (χ1) is 15.4. The lowest BCUT2D eigenvalue weighted by Gasteiger charge is -2.38. The number of halogens is 3. The monoisotopic (exact) mass is 444 g/mol. The Bertz CT molecular complexity index is 891. The van der Waals surface area contributed by atoms with E-state index in [2.05, 4.69) is 24.3 Å². The van der Waals surface area contributed by atoms with Gasteiger partial charge in [0.15, 0.2) is 0 Å². The van der Waals surface area contributed by atoms with Gasteiger partial charge >= 0.3 is 6.18 Å². The summed E-state index contributed by atoms with van der Waals surface area (Å²) in [5.74, 6) is 0.660. The van der Waals surface area contributed by atoms with Crippen LogP contribution >= 0.6 is 0 Å². The highest BCUT2D eigenvalue weighted by molar-refractivity contribution is 5.79. The zero-order valence-corrected chi connectivity index (χ0v) is 18.4. The van der Waals surface area contributed by atoms with Crippen molar-refractivity contribution in [2.24, 2.45) is 11.8 Å². The summed E-state index contributed by atoms with van der Waals surface area (Å²) in [5.41, 5.74) is 1.06. The lowest BCUT2D eigenvalue weighted by Crippen LogP contribution is -2.47. The highest BCUT2D eigenvalue weighted by atomic mass is 19.4. The molecule has 4 rings (SSSR count). The summed E-state index contributed by atoms with van der Waals surface area (Å²) in [6.45, 7) is 3.07. The highest BCUT2D eigenvalue weighted by Crippen LogP contribution is 2.33. The Morgan fingerprint density at radius 3 is 2.31 bits per heavy atom. The number of benzene rings is 2. The van der Waals surface area contributed by atoms with Gasteiger partial charge in [-0.25, -0.2) is 0 Å². The Labute approximate surface area is 188 Å². The first-order valence-corrected chi connectivity index (χ1v) is 11.6. The molecular formula is C26H31F3N2O. The van der Waals surface area contributed by atoms with Crippen molar-refractivity contribution in [3.8, 4) is 0 Å². The Kier molecular flexibility index (Phi) is 7.19. The normalized spacial score (nSPS) is 21.0. The van der Waals surface area contributed by atoms with Crippen LogP contribution in [0.2, 0.25) is 0 Å². The molecular weight excluding hydrogens is 413 g/mol. The summed E-state index contributed by atoms with van der Waals surface area (Å²) in [6, 6.07) is 16.2. The fraction of sp³-hybridized carbons (Fsp3) is 0.500. The summed E-state index contributed by atoms with van der Waals surface area (Å²) in [6.07, 6.45) is 0.381. The molecule has 0 aliphatic carbocycles. The molecule has 0 unspecified atom stereocenters. The van der Waals surface area contributed by atoms with Gasteiger partial charge in [-0.15, -0.1) is 0 Å². The van der Waals surface area contributed by atoms with E-state index in [1.807, 2.05) is 15.9 Å². The Balaban J connectivity index is 1.31. The van der Waals surface area contributed by atoms with Crippen LogP contribution in [0.15, 0.2) is 54.6 Å². The van der Waals surface area contributed by atoms with E-state index in [1.54, 1.807) is 12.1 Å². The highest BCUT2D eigenvalue weighted by Gasteiger charge is 2.35. The van der Waals surface area contributed by atoms with E-state index in [0.29, 0.717) is 12.5 Å². The molecule has 0 saturated carbocycles. The summed E-state index contributed by atoms with van der Waals surface area (Å²) < 4.78 is 40.0. The van der Waals surface area contributed by atoms with Crippen LogP contribution in [0.25, 0.3) is 0 Å². The molecule has 2 saturated heterocycles. The van der Waals surface area contributed by atoms with Crippen molar-refractivity contribution in [2.75, 3.05) is 26.2 Å². The SMILES string of the molecule is O=C([C@H]1CCCN(Cc2ccccc2C(F)(F)F)C1)N1CCC(Cc2ccccc2)CC1. The van der Waals surface area contributed by atoms with Crippen molar-refractivity contribution in [2.45, 2.75) is 44.8 Å². The van der Waals surface area contributed by atoms with Crippen LogP contribution in [0, 0.1) is 11.8 Å². The van der Waals surface area contributed by atoms with Crippen molar-refractivity contribution in [3.05, 3.63) is 71.3 Å². The van der Waals surface area contributed by atoms with Crippen LogP contribution in [-0.2, 0) is 23.9 Å². The molecule has 1 atom stereocenters. The standard InChI is InChI=1S/C26H31F3N2O/c27-26(28,29)24-11-5-4-9-22(24)18-30-14-6-10-23(19-30)25(32)31-15-12-21(13-16-31)17-20-7-2-1-3-8-20/h1-5,7-9,11,21,23H,6,10,12-19H2/t23-/m0/s1. The lowest BCUT2D eigenvalue weighted by atomic mass is 9.89. The molecule has 2 aromatic rings. The second-order valence-corrected chi connectivity index (χ2v) is 9.19. The van der Waals surface area contributed by atoms with E-state index < -0.39 is 11.7 Å². The minimum atomic E-state index is -4.36. The predicted octanol–water partition coefficient (Wildman–Crippen LogP) is 5.40. The van der Waals surface area contributed by atoms with Crippen LogP contribution in [0.5, 0.6) is 0 Å². The van der Waals surface area contributed by atoms with Gasteiger partial charge in [0.05, 0.1) is 11.5 Å². The molecule has 0 aromatic heterocycles. The summed E-state index contributed by atoms with van der Waals surface area (Å²) in [7, 11) is 0. The van der Waals surface area contributed by atoms with Gasteiger partial charge < -0.3 is 4.90 Å². The van der Waals surface area contributed by atoms with E-state index in [-0.39, 0.29) is 23.9 Å². The van der Waals surface area contributed by atoms with Crippen LogP contribution < -0.4 is 0 Å². The molecule has 2 fully saturated rings. The molecule has 0 bridgehead atoms. The number of alkyl halides is 3. The smallest absolute Gasteiger partial charge is 0.342 e. The number of carbonyl (C=O) groups is 1. The van der Waals surface area contributed by atoms with E-state index in [9.17, 15) is 18.0 Å². The van der Waals surface area contributed by atoms with Gasteiger partial charge in [0.2, 0.25) is 5.91 Å². The predicted molar refractivity (Wildman–Crippen MR) is 119 cm³/mol. The van der Waals surface area contributed by atoms with E-state index in [0.717, 1.165) is 57.8 Å². The van der Waals surface area contributed by atoms with Gasteiger partial charge in [-0.3, -0.25) is 9.69 Å². The average Bonchev–Trinajstić information content (AvgIpc) is 2.80. The third kappa shape index (κ3) is 5.71. The molecule has 1 amide bonds. The molecule has 0 radical (unpaired) electrons. The maximum atomic E-state index is 13.3. The number of likely N-dealkylation sites (tertiary alicyclic amines) is 2. The van der Waals surface area contributed by atoms with Crippen molar-refractivity contribution in [3.63, 3.8) is 0 Å². The van der Waals surface area contributed by atoms with Crippen LogP contribution in [-0.4, -0.2) is 41.9 Å². The zero-order chi connectivity index (χ0) is 22.6. The number of carbonyl (C=O) groups excluding carboxylic acids is 1. The van der Waals surface area contributed by atoms with E-state index in [1.165, 1.54) is 11.6 Å². The Morgan fingerprint density at radius 1 is 0.906 bits per heavy atom. The number of hydrogen-bond acceptors (Lipinski definition) is 2. The van der Waals surface area contributed by atoms with Gasteiger partial charge in [-0.05, 0) is 61.8 Å². The molecule has 2 aliphatic heterocycles. The number of nitrogens with zero attached hydrogens (tertiary/aromatic N) is 2. The number of amides is 1. The van der Waals surface area contributed by atoms with Gasteiger partial charge in [-0.1, -0.05) is 48.5 Å². The molecule has 2 heterocycles. The fourth-order valence-corrected chi connectivity index (χ4v) is 5.14. The van der Waals surface area contributed by atoms with E-state index in [4.69, 9.17) is 0 Å². The molecule has 3 nitrogen and oxygen atoms in total. The average molecular weight is 445 g/mol. The minimum absolute atomic E-state index is 0.118. The second-order valence-electron chi connectivity index (χ2n) is 9.19. The number of piperidine rings is 2. The molecule has 0 N–H and O–H groups in total. The molecule has 2 aromatic carbocycles. The summed E-state index contributed by atoms with van der Waals surface area (Å²) in [4.78, 5) is 17.2. The fourth-order valence-electron chi connectivity index (χ4n) is 5.14.